The molecule has 0 saturated heterocycles. The number of nitrogens with zero attached hydrogens (tertiary/aromatic N) is 4. The first-order valence-electron chi connectivity index (χ1n) is 5.81. The summed E-state index contributed by atoms with van der Waals surface area (Å²) in [6.07, 6.45) is 3.04. The van der Waals surface area contributed by atoms with E-state index in [-0.39, 0.29) is 18.3 Å². The van der Waals surface area contributed by atoms with Crippen molar-refractivity contribution in [2.45, 2.75) is 26.4 Å². The maximum absolute atomic E-state index is 11.9. The largest absolute Gasteiger partial charge is 0.480 e. The number of aliphatic carboxylic acids is 1. The molecule has 0 radical (unpaired) electrons. The number of rotatable bonds is 5. The molecule has 0 aromatic carbocycles. The number of hydrogen-bond donors (Lipinski definition) is 2. The predicted octanol–water partition coefficient (Wildman–Crippen LogP) is 0.619. The minimum Gasteiger partial charge on any atom is -0.480 e. The molecule has 0 aliphatic carbocycles. The van der Waals surface area contributed by atoms with Crippen LogP contribution in [-0.2, 0) is 11.3 Å². The lowest BCUT2D eigenvalue weighted by Crippen LogP contribution is -2.26. The molecule has 9 heteroatoms. The van der Waals surface area contributed by atoms with E-state index in [2.05, 4.69) is 20.6 Å². The second kappa shape index (κ2) is 5.78. The third-order valence-electron chi connectivity index (χ3n) is 2.43. The molecule has 106 valence electrons. The van der Waals surface area contributed by atoms with Crippen molar-refractivity contribution in [1.29, 1.82) is 0 Å². The van der Waals surface area contributed by atoms with E-state index in [1.807, 2.05) is 13.8 Å². The van der Waals surface area contributed by atoms with Crippen LogP contribution in [0.25, 0.3) is 0 Å². The molecule has 0 fully saturated rings. The standard InChI is InChI=1S/C11H13N5O3S/c1-6-3-12-11(20-6)7(2)13-10(19)8-4-16(15-14-8)5-9(17)18/h3-4,7H,5H2,1-2H3,(H,13,19)(H,17,18). The highest BCUT2D eigenvalue weighted by atomic mass is 32.1. The fraction of sp³-hybridized carbons (Fsp3) is 0.364. The van der Waals surface area contributed by atoms with E-state index in [1.165, 1.54) is 17.5 Å². The Kier molecular flexibility index (Phi) is 4.08. The predicted molar refractivity (Wildman–Crippen MR) is 70.4 cm³/mol. The molecule has 0 spiro atoms. The van der Waals surface area contributed by atoms with Gasteiger partial charge in [0.1, 0.15) is 11.6 Å². The highest BCUT2D eigenvalue weighted by Gasteiger charge is 2.17. The van der Waals surface area contributed by atoms with Crippen LogP contribution in [0.4, 0.5) is 0 Å². The van der Waals surface area contributed by atoms with E-state index in [4.69, 9.17) is 5.11 Å². The minimum absolute atomic E-state index is 0.0754. The number of carbonyl (C=O) groups excluding carboxylic acids is 1. The number of carbonyl (C=O) groups is 2. The topological polar surface area (TPSA) is 110 Å². The molecule has 0 aliphatic heterocycles. The van der Waals surface area contributed by atoms with Gasteiger partial charge in [0, 0.05) is 11.1 Å². The molecular formula is C11H13N5O3S. The number of thiazole rings is 1. The molecule has 2 heterocycles. The zero-order chi connectivity index (χ0) is 14.7. The Morgan fingerprint density at radius 1 is 1.55 bits per heavy atom. The van der Waals surface area contributed by atoms with E-state index >= 15 is 0 Å². The third kappa shape index (κ3) is 3.38. The fourth-order valence-corrected chi connectivity index (χ4v) is 2.30. The SMILES string of the molecule is Cc1cnc(C(C)NC(=O)c2cn(CC(=O)O)nn2)s1. The highest BCUT2D eigenvalue weighted by molar-refractivity contribution is 7.11. The summed E-state index contributed by atoms with van der Waals surface area (Å²) >= 11 is 1.50. The van der Waals surface area contributed by atoms with Gasteiger partial charge in [-0.3, -0.25) is 9.59 Å². The summed E-state index contributed by atoms with van der Waals surface area (Å²) in [5.41, 5.74) is 0.0754. The Morgan fingerprint density at radius 2 is 2.30 bits per heavy atom. The van der Waals surface area contributed by atoms with Gasteiger partial charge in [0.05, 0.1) is 12.2 Å². The summed E-state index contributed by atoms with van der Waals surface area (Å²) in [6.45, 7) is 3.42. The van der Waals surface area contributed by atoms with Crippen molar-refractivity contribution in [1.82, 2.24) is 25.3 Å². The number of carboxylic acid groups (broad SMARTS) is 1. The summed E-state index contributed by atoms with van der Waals surface area (Å²) in [4.78, 5) is 27.7. The highest BCUT2D eigenvalue weighted by Crippen LogP contribution is 2.19. The van der Waals surface area contributed by atoms with E-state index in [1.54, 1.807) is 6.20 Å². The molecule has 0 aliphatic rings. The van der Waals surface area contributed by atoms with Crippen LogP contribution in [0.1, 0.15) is 33.3 Å². The second-order valence-electron chi connectivity index (χ2n) is 4.20. The Hall–Kier alpha value is -2.29. The zero-order valence-electron chi connectivity index (χ0n) is 10.9. The number of nitrogens with one attached hydrogen (secondary N) is 1. The summed E-state index contributed by atoms with van der Waals surface area (Å²) in [6, 6.07) is -0.245. The summed E-state index contributed by atoms with van der Waals surface area (Å²) in [5.74, 6) is -1.46. The fourth-order valence-electron chi connectivity index (χ4n) is 1.52. The second-order valence-corrected chi connectivity index (χ2v) is 5.47. The Labute approximate surface area is 118 Å². The normalized spacial score (nSPS) is 12.1. The lowest BCUT2D eigenvalue weighted by molar-refractivity contribution is -0.137. The van der Waals surface area contributed by atoms with Crippen LogP contribution in [0.2, 0.25) is 0 Å². The smallest absolute Gasteiger partial charge is 0.325 e. The van der Waals surface area contributed by atoms with Crippen LogP contribution < -0.4 is 5.32 Å². The quantitative estimate of drug-likeness (QED) is 0.836. The van der Waals surface area contributed by atoms with Gasteiger partial charge in [-0.1, -0.05) is 5.21 Å². The number of hydrogen-bond acceptors (Lipinski definition) is 6. The Balaban J connectivity index is 2.01. The van der Waals surface area contributed by atoms with Crippen LogP contribution in [0, 0.1) is 6.92 Å². The lowest BCUT2D eigenvalue weighted by atomic mass is 10.3. The van der Waals surface area contributed by atoms with Gasteiger partial charge < -0.3 is 10.4 Å². The molecule has 1 unspecified atom stereocenters. The minimum atomic E-state index is -1.05. The van der Waals surface area contributed by atoms with Gasteiger partial charge in [0.2, 0.25) is 0 Å². The molecular weight excluding hydrogens is 282 g/mol. The van der Waals surface area contributed by atoms with Gasteiger partial charge in [-0.2, -0.15) is 0 Å². The van der Waals surface area contributed by atoms with Crippen molar-refractivity contribution in [3.63, 3.8) is 0 Å². The number of aryl methyl sites for hydroxylation is 1. The van der Waals surface area contributed by atoms with E-state index in [0.717, 1.165) is 14.6 Å². The zero-order valence-corrected chi connectivity index (χ0v) is 11.7. The maximum Gasteiger partial charge on any atom is 0.325 e. The van der Waals surface area contributed by atoms with Gasteiger partial charge in [0.15, 0.2) is 5.69 Å². The summed E-state index contributed by atoms with van der Waals surface area (Å²) < 4.78 is 1.09. The van der Waals surface area contributed by atoms with Crippen molar-refractivity contribution >= 4 is 23.2 Å². The molecule has 1 atom stereocenters. The van der Waals surface area contributed by atoms with Gasteiger partial charge in [-0.25, -0.2) is 9.67 Å². The van der Waals surface area contributed by atoms with Gasteiger partial charge in [-0.05, 0) is 13.8 Å². The van der Waals surface area contributed by atoms with Crippen LogP contribution in [-0.4, -0.2) is 37.0 Å². The number of amides is 1. The summed E-state index contributed by atoms with van der Waals surface area (Å²) in [7, 11) is 0. The molecule has 20 heavy (non-hydrogen) atoms. The average molecular weight is 295 g/mol. The molecule has 0 bridgehead atoms. The Morgan fingerprint density at radius 3 is 2.90 bits per heavy atom. The first-order valence-corrected chi connectivity index (χ1v) is 6.62. The monoisotopic (exact) mass is 295 g/mol. The lowest BCUT2D eigenvalue weighted by Gasteiger charge is -2.09. The maximum atomic E-state index is 11.9. The van der Waals surface area contributed by atoms with E-state index in [0.29, 0.717) is 0 Å². The van der Waals surface area contributed by atoms with Crippen LogP contribution in [0.15, 0.2) is 12.4 Å². The van der Waals surface area contributed by atoms with Crippen LogP contribution >= 0.6 is 11.3 Å². The van der Waals surface area contributed by atoms with Gasteiger partial charge >= 0.3 is 5.97 Å². The average Bonchev–Trinajstić information content (AvgIpc) is 2.97. The van der Waals surface area contributed by atoms with E-state index in [9.17, 15) is 9.59 Å². The summed E-state index contributed by atoms with van der Waals surface area (Å²) in [5, 5.41) is 19.4. The number of carboxylic acids is 1. The van der Waals surface area contributed by atoms with Crippen molar-refractivity contribution in [2.75, 3.05) is 0 Å². The van der Waals surface area contributed by atoms with Crippen molar-refractivity contribution in [3.8, 4) is 0 Å². The first-order chi connectivity index (χ1) is 9.45. The van der Waals surface area contributed by atoms with Crippen molar-refractivity contribution in [2.24, 2.45) is 0 Å². The first kappa shape index (κ1) is 14.1. The molecule has 2 aromatic heterocycles. The molecule has 8 nitrogen and oxygen atoms in total. The Bertz CT molecular complexity index is 636. The molecule has 2 N–H and O–H groups in total. The van der Waals surface area contributed by atoms with Crippen molar-refractivity contribution in [3.05, 3.63) is 28.0 Å². The van der Waals surface area contributed by atoms with Crippen LogP contribution in [0.5, 0.6) is 0 Å². The van der Waals surface area contributed by atoms with E-state index < -0.39 is 11.9 Å². The number of aromatic nitrogens is 4. The molecule has 1 amide bonds. The molecule has 0 saturated carbocycles. The van der Waals surface area contributed by atoms with Crippen molar-refractivity contribution < 1.29 is 14.7 Å². The molecule has 2 rings (SSSR count). The van der Waals surface area contributed by atoms with Crippen LogP contribution in [0.3, 0.4) is 0 Å². The van der Waals surface area contributed by atoms with Gasteiger partial charge in [-0.15, -0.1) is 16.4 Å². The van der Waals surface area contributed by atoms with Gasteiger partial charge in [0.25, 0.3) is 5.91 Å². The molecule has 2 aromatic rings. The third-order valence-corrected chi connectivity index (χ3v) is 3.52.